The first-order valence-corrected chi connectivity index (χ1v) is 19.4. The monoisotopic (exact) mass is 663 g/mol. The number of nitrogens with zero attached hydrogens (tertiary/aromatic N) is 1. The van der Waals surface area contributed by atoms with E-state index >= 15 is 0 Å². The van der Waals surface area contributed by atoms with Crippen LogP contribution in [0.4, 0.5) is 11.4 Å². The third-order valence-electron chi connectivity index (χ3n) is 12.8. The summed E-state index contributed by atoms with van der Waals surface area (Å²) >= 11 is 0. The van der Waals surface area contributed by atoms with E-state index in [1.807, 2.05) is 6.08 Å². The summed E-state index contributed by atoms with van der Waals surface area (Å²) in [5.74, 6) is 8.79. The van der Waals surface area contributed by atoms with Gasteiger partial charge in [-0.05, 0) is 126 Å². The van der Waals surface area contributed by atoms with Gasteiger partial charge in [0.15, 0.2) is 0 Å². The van der Waals surface area contributed by atoms with Crippen molar-refractivity contribution in [3.63, 3.8) is 0 Å². The van der Waals surface area contributed by atoms with Crippen molar-refractivity contribution in [3.8, 4) is 11.8 Å². The van der Waals surface area contributed by atoms with Gasteiger partial charge in [-0.25, -0.2) is 0 Å². The topological polar surface area (TPSA) is 3.24 Å². The second-order valence-corrected chi connectivity index (χ2v) is 16.2. The number of anilines is 2. The standard InChI is InChI=1S/C50H49N/c1-34-15-28-46-48(33-34)50(2,3)47-32-31-44-43(29-30-45(44)49(46)47)39-20-26-42(27-21-39)51(41-24-18-38(19-25-41)36-13-9-6-10-14-36)40-22-16-37(17-23-40)35-11-7-4-5-8-12-35/h4-6,9-11,13,15-19,22-25,28-32,34,36,39,42-43H,7,14,20-21,26-27,33H2,1-3H3. The maximum absolute atomic E-state index is 3.34. The van der Waals surface area contributed by atoms with Crippen molar-refractivity contribution in [3.05, 3.63) is 160 Å². The van der Waals surface area contributed by atoms with E-state index in [4.69, 9.17) is 0 Å². The molecule has 0 saturated heterocycles. The molecule has 0 heterocycles. The molecule has 3 atom stereocenters. The average molecular weight is 664 g/mol. The van der Waals surface area contributed by atoms with Gasteiger partial charge in [0.2, 0.25) is 0 Å². The molecule has 0 bridgehead atoms. The van der Waals surface area contributed by atoms with Crippen LogP contribution in [0.5, 0.6) is 0 Å². The molecule has 1 fully saturated rings. The van der Waals surface area contributed by atoms with E-state index in [2.05, 4.69) is 159 Å². The fraction of sp³-hybridized carbons (Fsp3) is 0.320. The molecule has 3 aromatic carbocycles. The van der Waals surface area contributed by atoms with E-state index in [0.717, 1.165) is 18.4 Å². The highest BCUT2D eigenvalue weighted by atomic mass is 15.2. The third kappa shape index (κ3) is 5.74. The molecular weight excluding hydrogens is 615 g/mol. The Morgan fingerprint density at radius 1 is 0.784 bits per heavy atom. The lowest BCUT2D eigenvalue weighted by atomic mass is 9.74. The van der Waals surface area contributed by atoms with Crippen LogP contribution in [0, 0.1) is 23.7 Å². The number of rotatable bonds is 6. The van der Waals surface area contributed by atoms with E-state index < -0.39 is 0 Å². The Bertz CT molecular complexity index is 2120. The quantitative estimate of drug-likeness (QED) is 0.237. The SMILES string of the molecule is CC1C=CC2=C(C1)C(C)(C)c1ccc3c(c12)C=CC3C1CCC(N(c2ccc(C3=CCC=CC#C3)cc2)c2ccc(C3C=CC=CC3)cc2)CC1. The Morgan fingerprint density at radius 3 is 2.33 bits per heavy atom. The zero-order valence-corrected chi connectivity index (χ0v) is 30.4. The van der Waals surface area contributed by atoms with Crippen LogP contribution < -0.4 is 4.90 Å². The molecule has 0 aromatic heterocycles. The first kappa shape index (κ1) is 32.1. The summed E-state index contributed by atoms with van der Waals surface area (Å²) in [5, 5.41) is 0. The van der Waals surface area contributed by atoms with Gasteiger partial charge in [-0.15, -0.1) is 0 Å². The molecule has 51 heavy (non-hydrogen) atoms. The smallest absolute Gasteiger partial charge is 0.0413 e. The van der Waals surface area contributed by atoms with Crippen molar-refractivity contribution < 1.29 is 0 Å². The summed E-state index contributed by atoms with van der Waals surface area (Å²) in [5.41, 5.74) is 15.7. The molecule has 0 radical (unpaired) electrons. The predicted octanol–water partition coefficient (Wildman–Crippen LogP) is 12.8. The normalized spacial score (nSPS) is 26.6. The molecule has 254 valence electrons. The molecule has 3 aromatic rings. The number of fused-ring (bicyclic) bond motifs is 4. The van der Waals surface area contributed by atoms with Crippen molar-refractivity contribution in [1.29, 1.82) is 0 Å². The van der Waals surface area contributed by atoms with Crippen molar-refractivity contribution in [2.24, 2.45) is 11.8 Å². The molecule has 3 unspecified atom stereocenters. The highest BCUT2D eigenvalue weighted by Crippen LogP contribution is 2.55. The molecule has 0 spiro atoms. The lowest BCUT2D eigenvalue weighted by Gasteiger charge is -2.40. The van der Waals surface area contributed by atoms with Gasteiger partial charge in [-0.2, -0.15) is 0 Å². The first-order chi connectivity index (χ1) is 25.0. The molecule has 0 amide bonds. The Labute approximate surface area is 305 Å². The molecule has 0 aliphatic heterocycles. The predicted molar refractivity (Wildman–Crippen MR) is 217 cm³/mol. The maximum Gasteiger partial charge on any atom is 0.0413 e. The summed E-state index contributed by atoms with van der Waals surface area (Å²) in [6.45, 7) is 7.25. The summed E-state index contributed by atoms with van der Waals surface area (Å²) in [6, 6.07) is 24.1. The largest absolute Gasteiger partial charge is 0.338 e. The lowest BCUT2D eigenvalue weighted by molar-refractivity contribution is 0.304. The number of hydrogen-bond acceptors (Lipinski definition) is 1. The van der Waals surface area contributed by atoms with E-state index in [1.54, 1.807) is 11.1 Å². The highest BCUT2D eigenvalue weighted by molar-refractivity contribution is 5.92. The van der Waals surface area contributed by atoms with Crippen molar-refractivity contribution in [2.75, 3.05) is 4.90 Å². The Morgan fingerprint density at radius 2 is 1.57 bits per heavy atom. The van der Waals surface area contributed by atoms with Crippen LogP contribution in [-0.4, -0.2) is 6.04 Å². The third-order valence-corrected chi connectivity index (χ3v) is 12.8. The molecule has 1 saturated carbocycles. The molecular formula is C50H49N. The molecule has 9 rings (SSSR count). The van der Waals surface area contributed by atoms with Crippen LogP contribution in [0.25, 0.3) is 17.2 Å². The Hall–Kier alpha value is -4.80. The average Bonchev–Trinajstić information content (AvgIpc) is 3.55. The fourth-order valence-corrected chi connectivity index (χ4v) is 9.96. The lowest BCUT2D eigenvalue weighted by Crippen LogP contribution is -2.35. The van der Waals surface area contributed by atoms with Gasteiger partial charge in [-0.3, -0.25) is 0 Å². The first-order valence-electron chi connectivity index (χ1n) is 19.4. The van der Waals surface area contributed by atoms with Crippen LogP contribution in [-0.2, 0) is 5.41 Å². The van der Waals surface area contributed by atoms with Crippen molar-refractivity contribution >= 4 is 28.6 Å². The van der Waals surface area contributed by atoms with Gasteiger partial charge < -0.3 is 4.90 Å². The van der Waals surface area contributed by atoms with E-state index in [0.29, 0.717) is 29.7 Å². The number of hydrogen-bond donors (Lipinski definition) is 0. The highest BCUT2D eigenvalue weighted by Gasteiger charge is 2.42. The zero-order valence-electron chi connectivity index (χ0n) is 30.4. The molecule has 0 N–H and O–H groups in total. The van der Waals surface area contributed by atoms with Crippen LogP contribution in [0.1, 0.15) is 111 Å². The molecule has 6 aliphatic rings. The van der Waals surface area contributed by atoms with Gasteiger partial charge in [0, 0.05) is 40.2 Å². The van der Waals surface area contributed by atoms with Crippen molar-refractivity contribution in [2.45, 2.75) is 89.0 Å². The van der Waals surface area contributed by atoms with Crippen molar-refractivity contribution in [1.82, 2.24) is 0 Å². The van der Waals surface area contributed by atoms with Gasteiger partial charge >= 0.3 is 0 Å². The maximum atomic E-state index is 3.34. The summed E-state index contributed by atoms with van der Waals surface area (Å²) in [6.07, 6.45) is 33.3. The van der Waals surface area contributed by atoms with Gasteiger partial charge in [0.05, 0.1) is 0 Å². The fourth-order valence-electron chi connectivity index (χ4n) is 9.96. The van der Waals surface area contributed by atoms with Crippen LogP contribution in [0.15, 0.2) is 127 Å². The minimum atomic E-state index is 0.115. The molecule has 1 heteroatoms. The summed E-state index contributed by atoms with van der Waals surface area (Å²) in [4.78, 5) is 2.65. The molecule has 1 nitrogen and oxygen atoms in total. The summed E-state index contributed by atoms with van der Waals surface area (Å²) < 4.78 is 0. The van der Waals surface area contributed by atoms with Gasteiger partial charge in [0.1, 0.15) is 0 Å². The van der Waals surface area contributed by atoms with E-state index in [1.165, 1.54) is 76.9 Å². The Kier molecular flexibility index (Phi) is 8.23. The minimum absolute atomic E-state index is 0.115. The van der Waals surface area contributed by atoms with Crippen LogP contribution in [0.2, 0.25) is 0 Å². The molecule has 6 aliphatic carbocycles. The second-order valence-electron chi connectivity index (χ2n) is 16.2. The van der Waals surface area contributed by atoms with Crippen LogP contribution in [0.3, 0.4) is 0 Å². The Balaban J connectivity index is 0.977. The van der Waals surface area contributed by atoms with Gasteiger partial charge in [-0.1, -0.05) is 135 Å². The van der Waals surface area contributed by atoms with Crippen LogP contribution >= 0.6 is 0 Å². The summed E-state index contributed by atoms with van der Waals surface area (Å²) in [7, 11) is 0. The minimum Gasteiger partial charge on any atom is -0.338 e. The van der Waals surface area contributed by atoms with Gasteiger partial charge in [0.25, 0.3) is 0 Å². The zero-order chi connectivity index (χ0) is 34.5. The van der Waals surface area contributed by atoms with E-state index in [9.17, 15) is 0 Å². The number of allylic oxidation sites excluding steroid dienone is 13. The number of benzene rings is 3. The second kappa shape index (κ2) is 13.1. The van der Waals surface area contributed by atoms with E-state index in [-0.39, 0.29) is 5.41 Å².